The van der Waals surface area contributed by atoms with Crippen molar-refractivity contribution in [3.8, 4) is 0 Å². The number of aromatic amines is 1. The van der Waals surface area contributed by atoms with Crippen LogP contribution in [-0.4, -0.2) is 42.6 Å². The molecule has 0 unspecified atom stereocenters. The number of esters is 2. The Bertz CT molecular complexity index is 1170. The number of rotatable bonds is 6. The van der Waals surface area contributed by atoms with Gasteiger partial charge in [-0.2, -0.15) is 0 Å². The Labute approximate surface area is 177 Å². The number of carbonyl (C=O) groups excluding carboxylic acids is 2. The first-order valence-electron chi connectivity index (χ1n) is 9.41. The van der Waals surface area contributed by atoms with Crippen molar-refractivity contribution >= 4 is 39.2 Å². The van der Waals surface area contributed by atoms with Crippen molar-refractivity contribution in [2.45, 2.75) is 26.9 Å². The normalized spacial score (nSPS) is 11.9. The average Bonchev–Trinajstić information content (AvgIpc) is 3.05. The molecule has 9 heteroatoms. The smallest absolute Gasteiger partial charge is 0.348 e. The Hall–Kier alpha value is -3.20. The third-order valence-corrected chi connectivity index (χ3v) is 5.71. The van der Waals surface area contributed by atoms with E-state index in [-0.39, 0.29) is 12.4 Å². The van der Waals surface area contributed by atoms with Crippen molar-refractivity contribution in [1.29, 1.82) is 0 Å². The highest BCUT2D eigenvalue weighted by Gasteiger charge is 2.22. The molecule has 0 aliphatic rings. The topological polar surface area (TPSA) is 102 Å². The maximum atomic E-state index is 12.6. The molecule has 3 aromatic rings. The highest BCUT2D eigenvalue weighted by atomic mass is 32.1. The second kappa shape index (κ2) is 8.66. The molecule has 1 N–H and O–H groups in total. The minimum absolute atomic E-state index is 0.210. The summed E-state index contributed by atoms with van der Waals surface area (Å²) >= 11 is 1.09. The van der Waals surface area contributed by atoms with Crippen LogP contribution in [0.1, 0.15) is 51.4 Å². The van der Waals surface area contributed by atoms with Crippen molar-refractivity contribution in [2.75, 3.05) is 25.6 Å². The van der Waals surface area contributed by atoms with Gasteiger partial charge in [-0.1, -0.05) is 6.07 Å². The van der Waals surface area contributed by atoms with Crippen LogP contribution in [0, 0.1) is 6.92 Å². The first kappa shape index (κ1) is 21.5. The average molecular weight is 429 g/mol. The van der Waals surface area contributed by atoms with Crippen LogP contribution in [0.2, 0.25) is 0 Å². The van der Waals surface area contributed by atoms with Gasteiger partial charge in [0.2, 0.25) is 0 Å². The Morgan fingerprint density at radius 1 is 1.27 bits per heavy atom. The summed E-state index contributed by atoms with van der Waals surface area (Å²) in [6.45, 7) is 5.27. The van der Waals surface area contributed by atoms with Gasteiger partial charge >= 0.3 is 11.9 Å². The number of nitrogens with one attached hydrogen (secondary N) is 1. The molecular weight excluding hydrogens is 406 g/mol. The molecule has 0 bridgehead atoms. The molecule has 0 spiro atoms. The number of ether oxygens (including phenoxy) is 2. The third kappa shape index (κ3) is 4.20. The summed E-state index contributed by atoms with van der Waals surface area (Å²) in [6.07, 6.45) is -0.786. The van der Waals surface area contributed by atoms with Gasteiger partial charge in [0, 0.05) is 19.8 Å². The number of hydrogen-bond donors (Lipinski definition) is 1. The molecule has 3 rings (SSSR count). The molecule has 0 aliphatic heterocycles. The van der Waals surface area contributed by atoms with Crippen LogP contribution < -0.4 is 10.5 Å². The summed E-state index contributed by atoms with van der Waals surface area (Å²) in [4.78, 5) is 47.0. The zero-order chi connectivity index (χ0) is 22.0. The van der Waals surface area contributed by atoms with Crippen molar-refractivity contribution in [3.05, 3.63) is 56.4 Å². The lowest BCUT2D eigenvalue weighted by atomic mass is 10.2. The van der Waals surface area contributed by atoms with Crippen molar-refractivity contribution in [3.63, 3.8) is 0 Å². The van der Waals surface area contributed by atoms with Gasteiger partial charge in [0.25, 0.3) is 5.56 Å². The predicted molar refractivity (Wildman–Crippen MR) is 116 cm³/mol. The molecule has 0 fully saturated rings. The molecule has 1 atom stereocenters. The van der Waals surface area contributed by atoms with E-state index < -0.39 is 23.6 Å². The van der Waals surface area contributed by atoms with E-state index in [0.29, 0.717) is 26.2 Å². The van der Waals surface area contributed by atoms with Crippen LogP contribution >= 0.6 is 11.3 Å². The fourth-order valence-corrected chi connectivity index (χ4v) is 4.02. The Morgan fingerprint density at radius 2 is 2.00 bits per heavy atom. The fraction of sp³-hybridized carbons (Fsp3) is 0.333. The van der Waals surface area contributed by atoms with E-state index >= 15 is 0 Å². The number of thiophene rings is 1. The molecule has 0 amide bonds. The summed E-state index contributed by atoms with van der Waals surface area (Å²) in [6, 6.07) is 7.04. The van der Waals surface area contributed by atoms with E-state index in [2.05, 4.69) is 9.97 Å². The number of aromatic nitrogens is 2. The largest absolute Gasteiger partial charge is 0.462 e. The van der Waals surface area contributed by atoms with E-state index in [1.165, 1.54) is 0 Å². The van der Waals surface area contributed by atoms with Gasteiger partial charge in [-0.15, -0.1) is 11.3 Å². The molecule has 0 saturated carbocycles. The van der Waals surface area contributed by atoms with Gasteiger partial charge < -0.3 is 19.4 Å². The van der Waals surface area contributed by atoms with Gasteiger partial charge in [0.15, 0.2) is 11.9 Å². The van der Waals surface area contributed by atoms with E-state index in [9.17, 15) is 14.4 Å². The SMILES string of the molecule is CCOC(=O)c1sc2nc([C@@H](C)OC(=O)c3cccc(N(C)C)c3)[nH]c(=O)c2c1C. The van der Waals surface area contributed by atoms with Crippen LogP contribution in [0.5, 0.6) is 0 Å². The quantitative estimate of drug-likeness (QED) is 0.599. The monoisotopic (exact) mass is 429 g/mol. The van der Waals surface area contributed by atoms with Gasteiger partial charge in [0.1, 0.15) is 9.71 Å². The molecular formula is C21H23N3O5S. The zero-order valence-corrected chi connectivity index (χ0v) is 18.3. The maximum absolute atomic E-state index is 12.6. The molecule has 8 nitrogen and oxygen atoms in total. The van der Waals surface area contributed by atoms with Gasteiger partial charge in [0.05, 0.1) is 17.6 Å². The highest BCUT2D eigenvalue weighted by molar-refractivity contribution is 7.20. The number of nitrogens with zero attached hydrogens (tertiary/aromatic N) is 2. The predicted octanol–water partition coefficient (Wildman–Crippen LogP) is 3.45. The van der Waals surface area contributed by atoms with Gasteiger partial charge in [-0.05, 0) is 44.5 Å². The summed E-state index contributed by atoms with van der Waals surface area (Å²) in [5.41, 5.74) is 1.40. The fourth-order valence-electron chi connectivity index (χ4n) is 2.94. The van der Waals surface area contributed by atoms with E-state index in [1.807, 2.05) is 25.1 Å². The van der Waals surface area contributed by atoms with Crippen molar-refractivity contribution in [1.82, 2.24) is 9.97 Å². The number of hydrogen-bond acceptors (Lipinski definition) is 8. The molecule has 0 saturated heterocycles. The lowest BCUT2D eigenvalue weighted by Crippen LogP contribution is -2.17. The van der Waals surface area contributed by atoms with Gasteiger partial charge in [-0.3, -0.25) is 4.79 Å². The zero-order valence-electron chi connectivity index (χ0n) is 17.4. The Morgan fingerprint density at radius 3 is 2.67 bits per heavy atom. The lowest BCUT2D eigenvalue weighted by molar-refractivity contribution is 0.0319. The minimum atomic E-state index is -0.786. The molecule has 30 heavy (non-hydrogen) atoms. The standard InChI is InChI=1S/C21H23N3O5S/c1-6-28-21(27)16-11(2)15-18(25)22-17(23-19(15)30-16)12(3)29-20(26)13-8-7-9-14(10-13)24(4)5/h7-10,12H,6H2,1-5H3,(H,22,23,25)/t12-/m1/s1. The van der Waals surface area contributed by atoms with Crippen LogP contribution in [0.4, 0.5) is 5.69 Å². The maximum Gasteiger partial charge on any atom is 0.348 e. The summed E-state index contributed by atoms with van der Waals surface area (Å²) < 4.78 is 10.5. The number of fused-ring (bicyclic) bond motifs is 1. The Balaban J connectivity index is 1.89. The molecule has 0 radical (unpaired) electrons. The number of carbonyl (C=O) groups is 2. The van der Waals surface area contributed by atoms with Crippen LogP contribution in [0.25, 0.3) is 10.2 Å². The highest BCUT2D eigenvalue weighted by Crippen LogP contribution is 2.29. The van der Waals surface area contributed by atoms with Crippen LogP contribution in [0.15, 0.2) is 29.1 Å². The third-order valence-electron chi connectivity index (χ3n) is 4.55. The number of benzene rings is 1. The summed E-state index contributed by atoms with van der Waals surface area (Å²) in [5, 5.41) is 0.337. The second-order valence-electron chi connectivity index (χ2n) is 6.90. The second-order valence-corrected chi connectivity index (χ2v) is 7.90. The molecule has 0 aliphatic carbocycles. The summed E-state index contributed by atoms with van der Waals surface area (Å²) in [5.74, 6) is -0.802. The number of anilines is 1. The van der Waals surface area contributed by atoms with E-state index in [0.717, 1.165) is 17.0 Å². The number of H-pyrrole nitrogens is 1. The minimum Gasteiger partial charge on any atom is -0.462 e. The van der Waals surface area contributed by atoms with Gasteiger partial charge in [-0.25, -0.2) is 14.6 Å². The summed E-state index contributed by atoms with van der Waals surface area (Å²) in [7, 11) is 3.76. The molecule has 2 aromatic heterocycles. The molecule has 1 aromatic carbocycles. The van der Waals surface area contributed by atoms with Crippen molar-refractivity contribution < 1.29 is 19.1 Å². The molecule has 2 heterocycles. The van der Waals surface area contributed by atoms with E-state index in [1.54, 1.807) is 39.0 Å². The first-order chi connectivity index (χ1) is 14.2. The van der Waals surface area contributed by atoms with Crippen LogP contribution in [-0.2, 0) is 9.47 Å². The van der Waals surface area contributed by atoms with Crippen molar-refractivity contribution in [2.24, 2.45) is 0 Å². The van der Waals surface area contributed by atoms with Crippen LogP contribution in [0.3, 0.4) is 0 Å². The Kier molecular flexibility index (Phi) is 6.21. The molecule has 158 valence electrons. The van der Waals surface area contributed by atoms with E-state index in [4.69, 9.17) is 9.47 Å². The first-order valence-corrected chi connectivity index (χ1v) is 10.2. The number of aryl methyl sites for hydroxylation is 1. The lowest BCUT2D eigenvalue weighted by Gasteiger charge is -2.15.